The van der Waals surface area contributed by atoms with E-state index in [2.05, 4.69) is 25.6 Å². The van der Waals surface area contributed by atoms with E-state index in [1.165, 1.54) is 6.20 Å². The first kappa shape index (κ1) is 28.6. The maximum atomic E-state index is 14.4. The maximum Gasteiger partial charge on any atom is 0.225 e. The molecule has 0 saturated carbocycles. The fraction of sp³-hybridized carbons (Fsp3) is 0.250. The third kappa shape index (κ3) is 6.13. The van der Waals surface area contributed by atoms with Gasteiger partial charge in [-0.05, 0) is 24.3 Å². The van der Waals surface area contributed by atoms with Crippen molar-refractivity contribution in [2.24, 2.45) is 0 Å². The Bertz CT molecular complexity index is 1310. The van der Waals surface area contributed by atoms with Crippen LogP contribution in [0.5, 0.6) is 23.0 Å². The molecule has 0 aliphatic rings. The van der Waals surface area contributed by atoms with Gasteiger partial charge >= 0.3 is 0 Å². The number of nitrogens with one attached hydrogen (secondary N) is 3. The van der Waals surface area contributed by atoms with Crippen molar-refractivity contribution in [2.45, 2.75) is 13.1 Å². The number of aromatic nitrogens is 3. The van der Waals surface area contributed by atoms with Crippen LogP contribution in [0.4, 0.5) is 16.2 Å². The lowest BCUT2D eigenvalue weighted by Gasteiger charge is -2.14. The molecule has 0 aliphatic carbocycles. The van der Waals surface area contributed by atoms with E-state index in [4.69, 9.17) is 18.9 Å². The van der Waals surface area contributed by atoms with Crippen LogP contribution in [0.1, 0.15) is 11.1 Å². The molecule has 0 aliphatic heterocycles. The van der Waals surface area contributed by atoms with Crippen molar-refractivity contribution < 1.29 is 23.3 Å². The molecule has 0 amide bonds. The van der Waals surface area contributed by atoms with Gasteiger partial charge in [0.05, 0.1) is 28.4 Å². The number of ether oxygens (including phenoxy) is 4. The lowest BCUT2D eigenvalue weighted by molar-refractivity contribution is 0.391. The van der Waals surface area contributed by atoms with Gasteiger partial charge in [-0.1, -0.05) is 0 Å². The van der Waals surface area contributed by atoms with Gasteiger partial charge in [0.25, 0.3) is 0 Å². The highest BCUT2D eigenvalue weighted by molar-refractivity contribution is 5.87. The van der Waals surface area contributed by atoms with Gasteiger partial charge in [-0.15, -0.1) is 24.8 Å². The van der Waals surface area contributed by atoms with Gasteiger partial charge in [0.2, 0.25) is 5.95 Å². The van der Waals surface area contributed by atoms with Crippen LogP contribution in [-0.2, 0) is 13.1 Å². The van der Waals surface area contributed by atoms with Crippen molar-refractivity contribution in [2.75, 3.05) is 39.1 Å². The molecule has 2 aromatic heterocycles. The molecule has 2 heterocycles. The van der Waals surface area contributed by atoms with Gasteiger partial charge < -0.3 is 34.6 Å². The minimum absolute atomic E-state index is 0. The van der Waals surface area contributed by atoms with Crippen molar-refractivity contribution in [3.05, 3.63) is 59.5 Å². The Labute approximate surface area is 220 Å². The first-order valence-corrected chi connectivity index (χ1v) is 10.5. The van der Waals surface area contributed by atoms with Crippen LogP contribution in [0.3, 0.4) is 0 Å². The average Bonchev–Trinajstić information content (AvgIpc) is 3.26. The zero-order chi connectivity index (χ0) is 24.1. The number of rotatable bonds is 10. The van der Waals surface area contributed by atoms with Crippen molar-refractivity contribution in [3.8, 4) is 23.0 Å². The lowest BCUT2D eigenvalue weighted by atomic mass is 10.2. The molecular weight excluding hydrogens is 512 g/mol. The van der Waals surface area contributed by atoms with E-state index in [-0.39, 0.29) is 36.3 Å². The van der Waals surface area contributed by atoms with E-state index in [0.717, 1.165) is 11.1 Å². The van der Waals surface area contributed by atoms with Crippen molar-refractivity contribution >= 4 is 47.6 Å². The lowest BCUT2D eigenvalue weighted by Crippen LogP contribution is -2.09. The third-order valence-electron chi connectivity index (χ3n) is 5.35. The molecule has 36 heavy (non-hydrogen) atoms. The summed E-state index contributed by atoms with van der Waals surface area (Å²) in [6.07, 6.45) is 1.26. The largest absolute Gasteiger partial charge is 0.497 e. The number of H-pyrrole nitrogens is 1. The number of fused-ring (bicyclic) bond motifs is 1. The Hall–Kier alpha value is -3.63. The van der Waals surface area contributed by atoms with Gasteiger partial charge in [-0.2, -0.15) is 4.98 Å². The first-order chi connectivity index (χ1) is 16.6. The quantitative estimate of drug-likeness (QED) is 0.252. The van der Waals surface area contributed by atoms with Crippen LogP contribution in [0.2, 0.25) is 0 Å². The predicted octanol–water partition coefficient (Wildman–Crippen LogP) is 5.20. The van der Waals surface area contributed by atoms with E-state index in [0.29, 0.717) is 47.4 Å². The van der Waals surface area contributed by atoms with Crippen LogP contribution in [0.15, 0.2) is 42.6 Å². The van der Waals surface area contributed by atoms with Gasteiger partial charge in [0.15, 0.2) is 11.6 Å². The highest BCUT2D eigenvalue weighted by atomic mass is 35.5. The van der Waals surface area contributed by atoms with Crippen molar-refractivity contribution in [1.82, 2.24) is 15.0 Å². The minimum Gasteiger partial charge on any atom is -0.497 e. The highest BCUT2D eigenvalue weighted by Crippen LogP contribution is 2.29. The summed E-state index contributed by atoms with van der Waals surface area (Å²) >= 11 is 0. The predicted molar refractivity (Wildman–Crippen MR) is 142 cm³/mol. The summed E-state index contributed by atoms with van der Waals surface area (Å²) in [5.74, 6) is 2.96. The Morgan fingerprint density at radius 2 is 1.33 bits per heavy atom. The maximum absolute atomic E-state index is 14.4. The van der Waals surface area contributed by atoms with Crippen LogP contribution >= 0.6 is 24.8 Å². The number of halogens is 3. The van der Waals surface area contributed by atoms with E-state index in [9.17, 15) is 4.39 Å². The van der Waals surface area contributed by atoms with Gasteiger partial charge in [-0.25, -0.2) is 9.37 Å². The van der Waals surface area contributed by atoms with Crippen molar-refractivity contribution in [1.29, 1.82) is 0 Å². The molecule has 12 heteroatoms. The zero-order valence-corrected chi connectivity index (χ0v) is 21.8. The molecule has 2 aromatic carbocycles. The molecule has 0 fully saturated rings. The Morgan fingerprint density at radius 1 is 0.778 bits per heavy atom. The second kappa shape index (κ2) is 12.9. The van der Waals surface area contributed by atoms with E-state index < -0.39 is 5.82 Å². The van der Waals surface area contributed by atoms with Crippen LogP contribution in [-0.4, -0.2) is 43.4 Å². The summed E-state index contributed by atoms with van der Waals surface area (Å²) in [7, 11) is 6.37. The summed E-state index contributed by atoms with van der Waals surface area (Å²) in [5, 5.41) is 6.41. The molecule has 0 atom stereocenters. The topological polar surface area (TPSA) is 103 Å². The number of methoxy groups -OCH3 is 4. The number of aromatic amines is 1. The van der Waals surface area contributed by atoms with E-state index in [1.807, 2.05) is 24.3 Å². The number of hydrogen-bond acceptors (Lipinski definition) is 8. The normalized spacial score (nSPS) is 10.1. The fourth-order valence-electron chi connectivity index (χ4n) is 3.53. The fourth-order valence-corrected chi connectivity index (χ4v) is 3.53. The molecule has 3 N–H and O–H groups in total. The number of benzene rings is 2. The SMILES string of the molecule is COc1ccc(CNc2nc(NCc3ccc(OC)cc3OC)c3[nH]cc(F)c3n2)c(OC)c1.Cl.Cl. The summed E-state index contributed by atoms with van der Waals surface area (Å²) in [5.41, 5.74) is 2.42. The number of hydrogen-bond donors (Lipinski definition) is 3. The molecule has 194 valence electrons. The minimum atomic E-state index is -0.465. The Balaban J connectivity index is 0.00000228. The summed E-state index contributed by atoms with van der Waals surface area (Å²) < 4.78 is 35.8. The Morgan fingerprint density at radius 3 is 1.86 bits per heavy atom. The Kier molecular flexibility index (Phi) is 10.2. The monoisotopic (exact) mass is 539 g/mol. The molecule has 4 rings (SSSR count). The number of anilines is 2. The molecule has 0 unspecified atom stereocenters. The van der Waals surface area contributed by atoms with Crippen LogP contribution < -0.4 is 29.6 Å². The number of nitrogens with zero attached hydrogens (tertiary/aromatic N) is 2. The van der Waals surface area contributed by atoms with Gasteiger partial charge in [0.1, 0.15) is 34.0 Å². The average molecular weight is 540 g/mol. The molecule has 0 saturated heterocycles. The molecule has 0 radical (unpaired) electrons. The summed E-state index contributed by atoms with van der Waals surface area (Å²) in [6, 6.07) is 11.1. The highest BCUT2D eigenvalue weighted by Gasteiger charge is 2.15. The molecule has 9 nitrogen and oxygen atoms in total. The smallest absolute Gasteiger partial charge is 0.225 e. The van der Waals surface area contributed by atoms with Crippen molar-refractivity contribution in [3.63, 3.8) is 0 Å². The first-order valence-electron chi connectivity index (χ1n) is 10.5. The van der Waals surface area contributed by atoms with Gasteiger partial charge in [0, 0.05) is 42.5 Å². The second-order valence-corrected chi connectivity index (χ2v) is 7.32. The second-order valence-electron chi connectivity index (χ2n) is 7.32. The molecular formula is C24H28Cl2FN5O4. The van der Waals surface area contributed by atoms with E-state index in [1.54, 1.807) is 40.6 Å². The molecule has 0 spiro atoms. The molecule has 4 aromatic rings. The van der Waals surface area contributed by atoms with Gasteiger partial charge in [-0.3, -0.25) is 0 Å². The standard InChI is InChI=1S/C24H26FN5O4.2ClH/c1-31-16-7-5-14(19(9-16)33-3)11-27-23-22-21(18(25)13-26-22)29-24(30-23)28-12-15-6-8-17(32-2)10-20(15)34-4;;/h5-10,13,26H,11-12H2,1-4H3,(H2,27,28,29,30);2*1H. The third-order valence-corrected chi connectivity index (χ3v) is 5.35. The van der Waals surface area contributed by atoms with E-state index >= 15 is 0 Å². The van der Waals surface area contributed by atoms with Crippen LogP contribution in [0, 0.1) is 5.82 Å². The zero-order valence-electron chi connectivity index (χ0n) is 20.2. The summed E-state index contributed by atoms with van der Waals surface area (Å²) in [6.45, 7) is 0.766. The summed E-state index contributed by atoms with van der Waals surface area (Å²) in [4.78, 5) is 11.8. The molecule has 0 bridgehead atoms. The van der Waals surface area contributed by atoms with Crippen LogP contribution in [0.25, 0.3) is 11.0 Å².